The van der Waals surface area contributed by atoms with Crippen molar-refractivity contribution in [3.05, 3.63) is 78.0 Å². The van der Waals surface area contributed by atoms with Gasteiger partial charge in [0.15, 0.2) is 0 Å². The van der Waals surface area contributed by atoms with Gasteiger partial charge in [-0.05, 0) is 59.9 Å². The minimum absolute atomic E-state index is 0.147. The smallest absolute Gasteiger partial charge is 0.256 e. The highest BCUT2D eigenvalue weighted by Gasteiger charge is 2.17. The van der Waals surface area contributed by atoms with Crippen molar-refractivity contribution in [3.63, 3.8) is 0 Å². The van der Waals surface area contributed by atoms with Crippen LogP contribution in [0.4, 0.5) is 5.82 Å². The molecule has 2 aromatic heterocycles. The number of hydrogen-bond donors (Lipinski definition) is 1. The normalized spacial score (nSPS) is 14.7. The van der Waals surface area contributed by atoms with Gasteiger partial charge in [-0.25, -0.2) is 9.97 Å². The number of aromatic nitrogens is 2. The van der Waals surface area contributed by atoms with Crippen LogP contribution in [0.5, 0.6) is 0 Å². The number of thiazole rings is 1. The van der Waals surface area contributed by atoms with E-state index in [-0.39, 0.29) is 5.91 Å². The van der Waals surface area contributed by atoms with Crippen LogP contribution in [0.15, 0.2) is 66.9 Å². The summed E-state index contributed by atoms with van der Waals surface area (Å²) in [6.45, 7) is 0. The van der Waals surface area contributed by atoms with E-state index >= 15 is 0 Å². The third-order valence-electron chi connectivity index (χ3n) is 4.82. The molecule has 150 valence electrons. The minimum Gasteiger partial charge on any atom is -0.307 e. The maximum absolute atomic E-state index is 12.6. The first-order chi connectivity index (χ1) is 14.8. The molecular formula is C23H19N3OS3. The highest BCUT2D eigenvalue weighted by atomic mass is 32.2. The van der Waals surface area contributed by atoms with E-state index in [1.807, 2.05) is 66.0 Å². The zero-order valence-electron chi connectivity index (χ0n) is 16.1. The lowest BCUT2D eigenvalue weighted by molar-refractivity contribution is 0.102. The van der Waals surface area contributed by atoms with E-state index in [0.29, 0.717) is 16.0 Å². The summed E-state index contributed by atoms with van der Waals surface area (Å²) in [7, 11) is 0. The second-order valence-corrected chi connectivity index (χ2v) is 10.7. The average Bonchev–Trinajstić information content (AvgIpc) is 3.25. The molecule has 7 heteroatoms. The molecule has 30 heavy (non-hydrogen) atoms. The highest BCUT2D eigenvalue weighted by molar-refractivity contribution is 8.16. The van der Waals surface area contributed by atoms with E-state index in [1.54, 1.807) is 17.5 Å². The number of nitrogens with one attached hydrogen (secondary N) is 1. The largest absolute Gasteiger partial charge is 0.307 e. The summed E-state index contributed by atoms with van der Waals surface area (Å²) in [5.41, 5.74) is 3.85. The first-order valence-corrected chi connectivity index (χ1v) is 12.6. The van der Waals surface area contributed by atoms with Crippen LogP contribution >= 0.6 is 34.9 Å². The fourth-order valence-electron chi connectivity index (χ4n) is 3.25. The minimum atomic E-state index is -0.147. The van der Waals surface area contributed by atoms with Crippen LogP contribution in [0.1, 0.15) is 26.9 Å². The van der Waals surface area contributed by atoms with Crippen molar-refractivity contribution in [1.82, 2.24) is 9.97 Å². The fourth-order valence-corrected chi connectivity index (χ4v) is 7.10. The Hall–Kier alpha value is -2.35. The molecule has 0 atom stereocenters. The number of benzene rings is 2. The summed E-state index contributed by atoms with van der Waals surface area (Å²) in [5.74, 6) is 2.80. The van der Waals surface area contributed by atoms with Gasteiger partial charge in [-0.2, -0.15) is 0 Å². The summed E-state index contributed by atoms with van der Waals surface area (Å²) >= 11 is 5.60. The Labute approximate surface area is 187 Å². The molecule has 4 nitrogen and oxygen atoms in total. The molecule has 1 amide bonds. The average molecular weight is 450 g/mol. The first kappa shape index (κ1) is 19.6. The molecule has 0 spiro atoms. The molecule has 0 unspecified atom stereocenters. The Bertz CT molecular complexity index is 1130. The molecule has 0 aliphatic carbocycles. The maximum Gasteiger partial charge on any atom is 0.256 e. The number of fused-ring (bicyclic) bond motifs is 1. The number of anilines is 1. The van der Waals surface area contributed by atoms with Crippen LogP contribution in [0.2, 0.25) is 0 Å². The summed E-state index contributed by atoms with van der Waals surface area (Å²) in [4.78, 5) is 21.7. The number of nitrogens with zero attached hydrogens (tertiary/aromatic N) is 2. The number of rotatable bonds is 4. The molecule has 4 aromatic rings. The number of thioether (sulfide) groups is 2. The lowest BCUT2D eigenvalue weighted by atomic mass is 10.1. The van der Waals surface area contributed by atoms with Gasteiger partial charge in [0.1, 0.15) is 10.8 Å². The predicted molar refractivity (Wildman–Crippen MR) is 130 cm³/mol. The van der Waals surface area contributed by atoms with E-state index in [9.17, 15) is 4.79 Å². The van der Waals surface area contributed by atoms with E-state index in [4.69, 9.17) is 0 Å². The van der Waals surface area contributed by atoms with Crippen LogP contribution in [-0.4, -0.2) is 27.4 Å². The monoisotopic (exact) mass is 449 g/mol. The number of hydrogen-bond acceptors (Lipinski definition) is 6. The molecule has 2 aromatic carbocycles. The molecule has 1 fully saturated rings. The number of carbonyl (C=O) groups excluding carboxylic acids is 1. The Kier molecular flexibility index (Phi) is 5.75. The van der Waals surface area contributed by atoms with Gasteiger partial charge in [0, 0.05) is 17.3 Å². The molecule has 3 heterocycles. The highest BCUT2D eigenvalue weighted by Crippen LogP contribution is 2.43. The van der Waals surface area contributed by atoms with Crippen molar-refractivity contribution >= 4 is 56.8 Å². The summed E-state index contributed by atoms with van der Waals surface area (Å²) in [5, 5.41) is 3.81. The van der Waals surface area contributed by atoms with Crippen molar-refractivity contribution in [2.45, 2.75) is 11.0 Å². The van der Waals surface area contributed by atoms with Gasteiger partial charge in [-0.1, -0.05) is 24.3 Å². The Morgan fingerprint density at radius 2 is 1.77 bits per heavy atom. The molecule has 1 aliphatic rings. The zero-order chi connectivity index (χ0) is 20.3. The number of pyridine rings is 1. The molecule has 0 radical (unpaired) electrons. The van der Waals surface area contributed by atoms with Gasteiger partial charge in [-0.3, -0.25) is 4.79 Å². The van der Waals surface area contributed by atoms with Crippen LogP contribution < -0.4 is 5.32 Å². The van der Waals surface area contributed by atoms with Gasteiger partial charge in [0.05, 0.1) is 14.8 Å². The topological polar surface area (TPSA) is 54.9 Å². The van der Waals surface area contributed by atoms with Crippen molar-refractivity contribution in [1.29, 1.82) is 0 Å². The quantitative estimate of drug-likeness (QED) is 0.386. The number of para-hydroxylation sites is 1. The van der Waals surface area contributed by atoms with Gasteiger partial charge in [0.2, 0.25) is 0 Å². The fraction of sp³-hybridized carbons (Fsp3) is 0.174. The lowest BCUT2D eigenvalue weighted by Gasteiger charge is -2.21. The first-order valence-electron chi connectivity index (χ1n) is 9.73. The van der Waals surface area contributed by atoms with Crippen molar-refractivity contribution in [2.75, 3.05) is 16.8 Å². The zero-order valence-corrected chi connectivity index (χ0v) is 18.5. The van der Waals surface area contributed by atoms with Crippen molar-refractivity contribution in [3.8, 4) is 10.6 Å². The molecule has 1 saturated heterocycles. The number of carbonyl (C=O) groups is 1. The Balaban J connectivity index is 1.26. The van der Waals surface area contributed by atoms with E-state index in [0.717, 1.165) is 20.8 Å². The van der Waals surface area contributed by atoms with E-state index in [2.05, 4.69) is 33.5 Å². The molecule has 0 saturated carbocycles. The second kappa shape index (κ2) is 8.79. The predicted octanol–water partition coefficient (Wildman–Crippen LogP) is 6.48. The SMILES string of the molecule is O=C(Nc1ccc(-c2nc3ccccc3s2)cn1)c1ccc(C2SCCCS2)cc1. The Morgan fingerprint density at radius 1 is 0.967 bits per heavy atom. The number of amides is 1. The van der Waals surface area contributed by atoms with Crippen molar-refractivity contribution in [2.24, 2.45) is 0 Å². The summed E-state index contributed by atoms with van der Waals surface area (Å²) in [6, 6.07) is 19.8. The summed E-state index contributed by atoms with van der Waals surface area (Å²) in [6.07, 6.45) is 3.03. The van der Waals surface area contributed by atoms with Gasteiger partial charge in [0.25, 0.3) is 5.91 Å². The molecule has 5 rings (SSSR count). The third kappa shape index (κ3) is 4.24. The summed E-state index contributed by atoms with van der Waals surface area (Å²) < 4.78 is 1.63. The molecule has 1 N–H and O–H groups in total. The third-order valence-corrected chi connectivity index (χ3v) is 8.92. The molecule has 0 bridgehead atoms. The van der Waals surface area contributed by atoms with Gasteiger partial charge >= 0.3 is 0 Å². The van der Waals surface area contributed by atoms with Crippen LogP contribution in [0.3, 0.4) is 0 Å². The maximum atomic E-state index is 12.6. The van der Waals surface area contributed by atoms with Crippen LogP contribution in [0.25, 0.3) is 20.8 Å². The van der Waals surface area contributed by atoms with E-state index in [1.165, 1.54) is 23.5 Å². The van der Waals surface area contributed by atoms with Gasteiger partial charge < -0.3 is 5.32 Å². The lowest BCUT2D eigenvalue weighted by Crippen LogP contribution is -2.13. The van der Waals surface area contributed by atoms with Crippen LogP contribution in [0, 0.1) is 0 Å². The Morgan fingerprint density at radius 3 is 2.50 bits per heavy atom. The van der Waals surface area contributed by atoms with E-state index < -0.39 is 0 Å². The molecule has 1 aliphatic heterocycles. The van der Waals surface area contributed by atoms with Gasteiger partial charge in [-0.15, -0.1) is 34.9 Å². The molecular weight excluding hydrogens is 430 g/mol. The standard InChI is InChI=1S/C23H19N3OS3/c27-21(15-6-8-16(9-7-15)23-28-12-3-13-29-23)26-20-11-10-17(14-24-20)22-25-18-4-1-2-5-19(18)30-22/h1-2,4-11,14,23H,3,12-13H2,(H,24,26,27). The van der Waals surface area contributed by atoms with Crippen LogP contribution in [-0.2, 0) is 0 Å². The second-order valence-electron chi connectivity index (χ2n) is 6.92. The van der Waals surface area contributed by atoms with Crippen molar-refractivity contribution < 1.29 is 4.79 Å².